The van der Waals surface area contributed by atoms with E-state index in [1.807, 2.05) is 0 Å². The fourth-order valence-corrected chi connectivity index (χ4v) is 3.32. The van der Waals surface area contributed by atoms with Crippen molar-refractivity contribution in [3.8, 4) is 11.5 Å². The molecule has 0 fully saturated rings. The minimum atomic E-state index is -3.75. The molecule has 140 valence electrons. The molecule has 0 aromatic heterocycles. The van der Waals surface area contributed by atoms with E-state index in [1.165, 1.54) is 25.2 Å². The summed E-state index contributed by atoms with van der Waals surface area (Å²) in [5.74, 6) is 0.946. The van der Waals surface area contributed by atoms with Gasteiger partial charge in [-0.3, -0.25) is 4.79 Å². The Morgan fingerprint density at radius 3 is 2.38 bits per heavy atom. The van der Waals surface area contributed by atoms with Crippen LogP contribution >= 0.6 is 11.6 Å². The Kier molecular flexibility index (Phi) is 6.84. The molecule has 0 unspecified atom stereocenters. The van der Waals surface area contributed by atoms with Crippen LogP contribution in [0, 0.1) is 0 Å². The Morgan fingerprint density at radius 2 is 1.77 bits per heavy atom. The second-order valence-electron chi connectivity index (χ2n) is 5.13. The monoisotopic (exact) mass is 398 g/mol. The number of benzene rings is 2. The molecule has 0 spiro atoms. The Bertz CT molecular complexity index is 869. The van der Waals surface area contributed by atoms with Crippen LogP contribution in [0.5, 0.6) is 11.5 Å². The van der Waals surface area contributed by atoms with Gasteiger partial charge in [0.15, 0.2) is 0 Å². The number of rotatable bonds is 8. The summed E-state index contributed by atoms with van der Waals surface area (Å²) < 4.78 is 36.5. The number of carbonyl (C=O) groups excluding carboxylic acids is 1. The van der Waals surface area contributed by atoms with Gasteiger partial charge >= 0.3 is 0 Å². The van der Waals surface area contributed by atoms with Gasteiger partial charge in [-0.2, -0.15) is 0 Å². The third-order valence-electron chi connectivity index (χ3n) is 3.47. The van der Waals surface area contributed by atoms with Crippen LogP contribution in [0.1, 0.15) is 10.4 Å². The van der Waals surface area contributed by atoms with Crippen LogP contribution in [0.2, 0.25) is 5.02 Å². The molecule has 0 aliphatic carbocycles. The third kappa shape index (κ3) is 5.10. The third-order valence-corrected chi connectivity index (χ3v) is 5.36. The molecular weight excluding hydrogens is 380 g/mol. The summed E-state index contributed by atoms with van der Waals surface area (Å²) >= 11 is 5.90. The van der Waals surface area contributed by atoms with Crippen molar-refractivity contribution in [2.24, 2.45) is 0 Å². The first kappa shape index (κ1) is 20.0. The number of methoxy groups -OCH3 is 1. The molecule has 2 N–H and O–H groups in total. The van der Waals surface area contributed by atoms with Gasteiger partial charge in [0.25, 0.3) is 5.91 Å². The molecule has 2 aromatic carbocycles. The molecule has 2 rings (SSSR count). The second kappa shape index (κ2) is 8.88. The minimum absolute atomic E-state index is 0.0405. The van der Waals surface area contributed by atoms with Crippen molar-refractivity contribution in [3.63, 3.8) is 0 Å². The SMILES string of the molecule is CNS(=O)(=O)c1cc(C(=O)NCCOc2ccc(OC)cc2)ccc1Cl. The number of amides is 1. The summed E-state index contributed by atoms with van der Waals surface area (Å²) in [6.07, 6.45) is 0. The number of hydrogen-bond donors (Lipinski definition) is 2. The number of sulfonamides is 1. The normalized spacial score (nSPS) is 11.0. The lowest BCUT2D eigenvalue weighted by molar-refractivity contribution is 0.0947. The fourth-order valence-electron chi connectivity index (χ4n) is 2.07. The Morgan fingerprint density at radius 1 is 1.12 bits per heavy atom. The molecule has 2 aromatic rings. The predicted octanol–water partition coefficient (Wildman–Crippen LogP) is 2.07. The molecule has 9 heteroatoms. The molecule has 26 heavy (non-hydrogen) atoms. The minimum Gasteiger partial charge on any atom is -0.497 e. The zero-order valence-corrected chi connectivity index (χ0v) is 15.9. The maximum Gasteiger partial charge on any atom is 0.251 e. The first-order chi connectivity index (χ1) is 12.4. The van der Waals surface area contributed by atoms with Crippen molar-refractivity contribution in [3.05, 3.63) is 53.1 Å². The van der Waals surface area contributed by atoms with Crippen LogP contribution in [-0.2, 0) is 10.0 Å². The van der Waals surface area contributed by atoms with Gasteiger partial charge in [-0.05, 0) is 49.5 Å². The molecule has 7 nitrogen and oxygen atoms in total. The average molecular weight is 399 g/mol. The van der Waals surface area contributed by atoms with Gasteiger partial charge < -0.3 is 14.8 Å². The van der Waals surface area contributed by atoms with Crippen LogP contribution in [0.15, 0.2) is 47.4 Å². The molecule has 0 aliphatic rings. The van der Waals surface area contributed by atoms with Gasteiger partial charge in [0.05, 0.1) is 18.7 Å². The Hall–Kier alpha value is -2.29. The second-order valence-corrected chi connectivity index (χ2v) is 7.39. The van der Waals surface area contributed by atoms with E-state index in [0.29, 0.717) is 5.75 Å². The summed E-state index contributed by atoms with van der Waals surface area (Å²) in [6.45, 7) is 0.509. The van der Waals surface area contributed by atoms with Crippen LogP contribution in [-0.4, -0.2) is 41.6 Å². The van der Waals surface area contributed by atoms with Crippen molar-refractivity contribution >= 4 is 27.5 Å². The molecule has 1 amide bonds. The first-order valence-corrected chi connectivity index (χ1v) is 9.51. The van der Waals surface area contributed by atoms with Crippen molar-refractivity contribution in [2.45, 2.75) is 4.90 Å². The fraction of sp³-hybridized carbons (Fsp3) is 0.235. The molecule has 0 heterocycles. The van der Waals surface area contributed by atoms with Gasteiger partial charge in [0.2, 0.25) is 10.0 Å². The van der Waals surface area contributed by atoms with Crippen LogP contribution in [0.25, 0.3) is 0 Å². The molecule has 0 atom stereocenters. The lowest BCUT2D eigenvalue weighted by Gasteiger charge is -2.10. The number of hydrogen-bond acceptors (Lipinski definition) is 5. The molecule has 0 aliphatic heterocycles. The number of nitrogens with one attached hydrogen (secondary N) is 2. The summed E-state index contributed by atoms with van der Waals surface area (Å²) in [6, 6.07) is 11.1. The summed E-state index contributed by atoms with van der Waals surface area (Å²) in [5, 5.41) is 2.70. The summed E-state index contributed by atoms with van der Waals surface area (Å²) in [5.41, 5.74) is 0.188. The predicted molar refractivity (Wildman–Crippen MR) is 98.5 cm³/mol. The highest BCUT2D eigenvalue weighted by Gasteiger charge is 2.18. The van der Waals surface area contributed by atoms with Crippen molar-refractivity contribution < 1.29 is 22.7 Å². The number of ether oxygens (including phenoxy) is 2. The molecule has 0 radical (unpaired) electrons. The smallest absolute Gasteiger partial charge is 0.251 e. The highest BCUT2D eigenvalue weighted by molar-refractivity contribution is 7.89. The Labute approximate surface area is 157 Å². The summed E-state index contributed by atoms with van der Waals surface area (Å²) in [7, 11) is -0.897. The first-order valence-electron chi connectivity index (χ1n) is 7.65. The standard InChI is InChI=1S/C17H19ClN2O5S/c1-19-26(22,23)16-11-12(3-8-15(16)18)17(21)20-9-10-25-14-6-4-13(24-2)5-7-14/h3-8,11,19H,9-10H2,1-2H3,(H,20,21). The van der Waals surface area contributed by atoms with Crippen molar-refractivity contribution in [1.29, 1.82) is 0 Å². The van der Waals surface area contributed by atoms with Gasteiger partial charge in [-0.1, -0.05) is 11.6 Å². The number of halogens is 1. The van der Waals surface area contributed by atoms with E-state index in [9.17, 15) is 13.2 Å². The average Bonchev–Trinajstić information content (AvgIpc) is 2.65. The van der Waals surface area contributed by atoms with Gasteiger partial charge in [0, 0.05) is 5.56 Å². The van der Waals surface area contributed by atoms with E-state index in [2.05, 4.69) is 10.0 Å². The van der Waals surface area contributed by atoms with E-state index in [0.717, 1.165) is 5.75 Å². The van der Waals surface area contributed by atoms with Gasteiger partial charge in [-0.15, -0.1) is 0 Å². The zero-order chi connectivity index (χ0) is 19.2. The molecule has 0 saturated heterocycles. The highest BCUT2D eigenvalue weighted by Crippen LogP contribution is 2.22. The Balaban J connectivity index is 1.92. The molecule has 0 saturated carbocycles. The maximum absolute atomic E-state index is 12.2. The maximum atomic E-state index is 12.2. The number of carbonyl (C=O) groups is 1. The van der Waals surface area contributed by atoms with Gasteiger partial charge in [0.1, 0.15) is 23.0 Å². The van der Waals surface area contributed by atoms with E-state index in [-0.39, 0.29) is 28.6 Å². The van der Waals surface area contributed by atoms with Crippen molar-refractivity contribution in [2.75, 3.05) is 27.3 Å². The highest BCUT2D eigenvalue weighted by atomic mass is 35.5. The quantitative estimate of drug-likeness (QED) is 0.664. The van der Waals surface area contributed by atoms with Gasteiger partial charge in [-0.25, -0.2) is 13.1 Å². The van der Waals surface area contributed by atoms with Crippen molar-refractivity contribution in [1.82, 2.24) is 10.0 Å². The lowest BCUT2D eigenvalue weighted by atomic mass is 10.2. The summed E-state index contributed by atoms with van der Waals surface area (Å²) in [4.78, 5) is 12.0. The van der Waals surface area contributed by atoms with E-state index >= 15 is 0 Å². The molecular formula is C17H19ClN2O5S. The zero-order valence-electron chi connectivity index (χ0n) is 14.3. The van der Waals surface area contributed by atoms with E-state index in [4.69, 9.17) is 21.1 Å². The van der Waals surface area contributed by atoms with Crippen LogP contribution in [0.4, 0.5) is 0 Å². The lowest BCUT2D eigenvalue weighted by Crippen LogP contribution is -2.28. The van der Waals surface area contributed by atoms with Crippen LogP contribution < -0.4 is 19.5 Å². The molecule has 0 bridgehead atoms. The van der Waals surface area contributed by atoms with Crippen LogP contribution in [0.3, 0.4) is 0 Å². The van der Waals surface area contributed by atoms with E-state index in [1.54, 1.807) is 31.4 Å². The van der Waals surface area contributed by atoms with E-state index < -0.39 is 15.9 Å². The topological polar surface area (TPSA) is 93.7 Å². The largest absolute Gasteiger partial charge is 0.497 e.